The van der Waals surface area contributed by atoms with Crippen LogP contribution in [0.25, 0.3) is 5.65 Å². The number of hydrogen-bond acceptors (Lipinski definition) is 4. The number of fused-ring (bicyclic) bond motifs is 1. The standard InChI is InChI=1S/C17H22N6.ClH/c1-13-4-3-5-16-20-10-14(23(13)16)12-22-9-6-18-11-15(22)17-19-7-8-21(17)2;/h3-5,7-8,10,15,18H,6,9,11-12H2,1-2H3;1H. The molecule has 0 saturated carbocycles. The van der Waals surface area contributed by atoms with Gasteiger partial charge in [-0.2, -0.15) is 0 Å². The number of piperazine rings is 1. The summed E-state index contributed by atoms with van der Waals surface area (Å²) < 4.78 is 4.36. The fraction of sp³-hybridized carbons (Fsp3) is 0.412. The molecular formula is C17H23ClN6. The summed E-state index contributed by atoms with van der Waals surface area (Å²) in [5.41, 5.74) is 3.47. The van der Waals surface area contributed by atoms with Crippen molar-refractivity contribution in [3.63, 3.8) is 0 Å². The van der Waals surface area contributed by atoms with E-state index >= 15 is 0 Å². The first kappa shape index (κ1) is 17.0. The first-order valence-electron chi connectivity index (χ1n) is 8.08. The lowest BCUT2D eigenvalue weighted by Gasteiger charge is -2.35. The molecule has 0 aliphatic carbocycles. The Labute approximate surface area is 147 Å². The number of halogens is 1. The molecule has 1 fully saturated rings. The van der Waals surface area contributed by atoms with Crippen LogP contribution in [0.4, 0.5) is 0 Å². The van der Waals surface area contributed by atoms with E-state index in [4.69, 9.17) is 0 Å². The van der Waals surface area contributed by atoms with Gasteiger partial charge < -0.3 is 14.3 Å². The topological polar surface area (TPSA) is 50.4 Å². The minimum atomic E-state index is 0. The third kappa shape index (κ3) is 2.92. The summed E-state index contributed by atoms with van der Waals surface area (Å²) >= 11 is 0. The molecule has 4 rings (SSSR count). The van der Waals surface area contributed by atoms with E-state index in [9.17, 15) is 0 Å². The van der Waals surface area contributed by atoms with Gasteiger partial charge in [0, 0.05) is 51.3 Å². The molecule has 6 nitrogen and oxygen atoms in total. The zero-order valence-corrected chi connectivity index (χ0v) is 14.8. The zero-order valence-electron chi connectivity index (χ0n) is 14.0. The normalized spacial score (nSPS) is 18.7. The second-order valence-corrected chi connectivity index (χ2v) is 6.20. The molecule has 0 radical (unpaired) electrons. The molecule has 24 heavy (non-hydrogen) atoms. The number of nitrogens with one attached hydrogen (secondary N) is 1. The average molecular weight is 347 g/mol. The summed E-state index contributed by atoms with van der Waals surface area (Å²) in [5.74, 6) is 1.11. The second kappa shape index (κ2) is 6.93. The van der Waals surface area contributed by atoms with Gasteiger partial charge in [0.1, 0.15) is 11.5 Å². The van der Waals surface area contributed by atoms with Crippen LogP contribution in [0.5, 0.6) is 0 Å². The highest BCUT2D eigenvalue weighted by Crippen LogP contribution is 2.23. The summed E-state index contributed by atoms with van der Waals surface area (Å²) in [4.78, 5) is 11.6. The summed E-state index contributed by atoms with van der Waals surface area (Å²) in [5, 5.41) is 3.49. The molecule has 1 aliphatic rings. The molecule has 3 aromatic rings. The van der Waals surface area contributed by atoms with E-state index in [2.05, 4.69) is 61.3 Å². The number of rotatable bonds is 3. The predicted molar refractivity (Wildman–Crippen MR) is 96.4 cm³/mol. The van der Waals surface area contributed by atoms with Crippen molar-refractivity contribution < 1.29 is 0 Å². The molecule has 0 bridgehead atoms. The number of aromatic nitrogens is 4. The maximum Gasteiger partial charge on any atom is 0.137 e. The molecule has 1 N–H and O–H groups in total. The van der Waals surface area contributed by atoms with Crippen LogP contribution in [0, 0.1) is 6.92 Å². The van der Waals surface area contributed by atoms with Crippen LogP contribution in [0.1, 0.15) is 23.3 Å². The van der Waals surface area contributed by atoms with Gasteiger partial charge in [-0.3, -0.25) is 4.90 Å². The van der Waals surface area contributed by atoms with Crippen LogP contribution in [-0.4, -0.2) is 43.5 Å². The Morgan fingerprint density at radius 1 is 1.29 bits per heavy atom. The largest absolute Gasteiger partial charge is 0.337 e. The van der Waals surface area contributed by atoms with E-state index in [-0.39, 0.29) is 12.4 Å². The zero-order chi connectivity index (χ0) is 15.8. The van der Waals surface area contributed by atoms with Crippen molar-refractivity contribution in [1.29, 1.82) is 0 Å². The van der Waals surface area contributed by atoms with Crippen LogP contribution >= 0.6 is 12.4 Å². The second-order valence-electron chi connectivity index (χ2n) is 6.20. The first-order valence-corrected chi connectivity index (χ1v) is 8.08. The van der Waals surface area contributed by atoms with Crippen molar-refractivity contribution in [3.05, 3.63) is 54.0 Å². The lowest BCUT2D eigenvalue weighted by atomic mass is 10.1. The molecule has 4 heterocycles. The van der Waals surface area contributed by atoms with E-state index in [0.717, 1.165) is 37.7 Å². The van der Waals surface area contributed by atoms with Gasteiger partial charge in [-0.05, 0) is 19.1 Å². The first-order chi connectivity index (χ1) is 11.2. The van der Waals surface area contributed by atoms with Crippen molar-refractivity contribution in [2.75, 3.05) is 19.6 Å². The molecule has 1 aliphatic heterocycles. The van der Waals surface area contributed by atoms with Crippen LogP contribution < -0.4 is 5.32 Å². The molecule has 1 saturated heterocycles. The van der Waals surface area contributed by atoms with Gasteiger partial charge in [-0.15, -0.1) is 12.4 Å². The average Bonchev–Trinajstić information content (AvgIpc) is 3.16. The van der Waals surface area contributed by atoms with E-state index in [0.29, 0.717) is 6.04 Å². The van der Waals surface area contributed by atoms with E-state index in [1.54, 1.807) is 0 Å². The third-order valence-electron chi connectivity index (χ3n) is 4.67. The maximum atomic E-state index is 4.56. The molecule has 3 aromatic heterocycles. The van der Waals surface area contributed by atoms with Crippen LogP contribution in [0.2, 0.25) is 0 Å². The van der Waals surface area contributed by atoms with Gasteiger partial charge in [-0.1, -0.05) is 6.07 Å². The number of pyridine rings is 1. The number of aryl methyl sites for hydroxylation is 2. The van der Waals surface area contributed by atoms with Crippen molar-refractivity contribution >= 4 is 18.1 Å². The molecule has 0 aromatic carbocycles. The predicted octanol–water partition coefficient (Wildman–Crippen LogP) is 1.94. The Bertz CT molecular complexity index is 823. The Morgan fingerprint density at radius 2 is 2.17 bits per heavy atom. The minimum Gasteiger partial charge on any atom is -0.337 e. The number of nitrogens with zero attached hydrogens (tertiary/aromatic N) is 5. The summed E-state index contributed by atoms with van der Waals surface area (Å²) in [7, 11) is 2.06. The van der Waals surface area contributed by atoms with Gasteiger partial charge in [0.15, 0.2) is 0 Å². The molecule has 1 unspecified atom stereocenters. The number of imidazole rings is 2. The van der Waals surface area contributed by atoms with Gasteiger partial charge in [-0.25, -0.2) is 9.97 Å². The third-order valence-corrected chi connectivity index (χ3v) is 4.67. The van der Waals surface area contributed by atoms with Crippen molar-refractivity contribution in [3.8, 4) is 0 Å². The Morgan fingerprint density at radius 3 is 2.96 bits per heavy atom. The number of hydrogen-bond donors (Lipinski definition) is 1. The minimum absolute atomic E-state index is 0. The van der Waals surface area contributed by atoms with Crippen molar-refractivity contribution in [2.24, 2.45) is 7.05 Å². The van der Waals surface area contributed by atoms with Gasteiger partial charge in [0.05, 0.1) is 17.9 Å². The highest BCUT2D eigenvalue weighted by molar-refractivity contribution is 5.85. The lowest BCUT2D eigenvalue weighted by molar-refractivity contribution is 0.142. The Kier molecular flexibility index (Phi) is 4.89. The Balaban J connectivity index is 0.00000169. The van der Waals surface area contributed by atoms with E-state index in [1.165, 1.54) is 11.4 Å². The lowest BCUT2D eigenvalue weighted by Crippen LogP contribution is -2.46. The highest BCUT2D eigenvalue weighted by atomic mass is 35.5. The van der Waals surface area contributed by atoms with Gasteiger partial charge in [0.25, 0.3) is 0 Å². The summed E-state index contributed by atoms with van der Waals surface area (Å²) in [6.07, 6.45) is 5.89. The maximum absolute atomic E-state index is 4.56. The monoisotopic (exact) mass is 346 g/mol. The van der Waals surface area contributed by atoms with E-state index in [1.807, 2.05) is 18.6 Å². The highest BCUT2D eigenvalue weighted by Gasteiger charge is 2.27. The summed E-state index contributed by atoms with van der Waals surface area (Å²) in [6.45, 7) is 5.96. The van der Waals surface area contributed by atoms with Crippen LogP contribution in [0.3, 0.4) is 0 Å². The van der Waals surface area contributed by atoms with Gasteiger partial charge in [0.2, 0.25) is 0 Å². The molecule has 0 amide bonds. The summed E-state index contributed by atoms with van der Waals surface area (Å²) in [6, 6.07) is 6.54. The van der Waals surface area contributed by atoms with Crippen LogP contribution in [0.15, 0.2) is 36.8 Å². The fourth-order valence-electron chi connectivity index (χ4n) is 3.48. The smallest absolute Gasteiger partial charge is 0.137 e. The molecule has 128 valence electrons. The van der Waals surface area contributed by atoms with Crippen molar-refractivity contribution in [2.45, 2.75) is 19.5 Å². The van der Waals surface area contributed by atoms with E-state index < -0.39 is 0 Å². The van der Waals surface area contributed by atoms with Crippen molar-refractivity contribution in [1.82, 2.24) is 29.2 Å². The molecular weight excluding hydrogens is 324 g/mol. The molecule has 7 heteroatoms. The SMILES string of the molecule is Cc1cccc2ncc(CN3CCNCC3c3nccn3C)n12.Cl. The van der Waals surface area contributed by atoms with Gasteiger partial charge >= 0.3 is 0 Å². The Hall–Kier alpha value is -1.89. The quantitative estimate of drug-likeness (QED) is 0.787. The molecule has 1 atom stereocenters. The molecule has 0 spiro atoms. The van der Waals surface area contributed by atoms with Crippen LogP contribution in [-0.2, 0) is 13.6 Å². The fourth-order valence-corrected chi connectivity index (χ4v) is 3.48.